The van der Waals surface area contributed by atoms with E-state index in [1.54, 1.807) is 30.3 Å². The van der Waals surface area contributed by atoms with Gasteiger partial charge in [0.05, 0.1) is 24.2 Å². The van der Waals surface area contributed by atoms with Crippen molar-refractivity contribution in [3.05, 3.63) is 36.2 Å². The normalized spacial score (nSPS) is 19.7. The smallest absolute Gasteiger partial charge is 0.296 e. The first kappa shape index (κ1) is 25.8. The van der Waals surface area contributed by atoms with Crippen molar-refractivity contribution >= 4 is 28.8 Å². The van der Waals surface area contributed by atoms with Crippen molar-refractivity contribution in [2.75, 3.05) is 31.2 Å². The lowest BCUT2D eigenvalue weighted by Crippen LogP contribution is -2.37. The molecule has 0 radical (unpaired) electrons. The predicted octanol–water partition coefficient (Wildman–Crippen LogP) is 2.27. The second-order valence-corrected chi connectivity index (χ2v) is 9.34. The number of imidazole rings is 1. The highest BCUT2D eigenvalue weighted by atomic mass is 19.3. The number of primary amides is 1. The number of hydrogen-bond donors (Lipinski definition) is 2. The molecule has 11 nitrogen and oxygen atoms in total. The Labute approximate surface area is 217 Å². The van der Waals surface area contributed by atoms with E-state index in [0.717, 1.165) is 0 Å². The highest BCUT2D eigenvalue weighted by Crippen LogP contribution is 2.31. The first-order valence-corrected chi connectivity index (χ1v) is 12.6. The number of hydrogen-bond acceptors (Lipinski definition) is 8. The summed E-state index contributed by atoms with van der Waals surface area (Å²) in [6.07, 6.45) is -1.11. The number of ether oxygens (including phenoxy) is 2. The van der Waals surface area contributed by atoms with Crippen molar-refractivity contribution in [1.82, 2.24) is 24.8 Å². The number of nitrogens with one attached hydrogen (secondary N) is 1. The lowest BCUT2D eigenvalue weighted by Gasteiger charge is -2.27. The van der Waals surface area contributed by atoms with Crippen LogP contribution in [0.1, 0.15) is 44.4 Å². The van der Waals surface area contributed by atoms with E-state index >= 15 is 0 Å². The molecule has 13 heteroatoms. The Morgan fingerprint density at radius 2 is 1.92 bits per heavy atom. The monoisotopic (exact) mass is 529 g/mol. The molecule has 0 spiro atoms. The maximum absolute atomic E-state index is 14.0. The lowest BCUT2D eigenvalue weighted by molar-refractivity contribution is -0.125. The number of para-hydroxylation sites is 2. The number of amides is 2. The van der Waals surface area contributed by atoms with Crippen LogP contribution in [-0.4, -0.2) is 69.8 Å². The van der Waals surface area contributed by atoms with Crippen LogP contribution in [0.25, 0.3) is 16.9 Å². The van der Waals surface area contributed by atoms with Gasteiger partial charge in [0.1, 0.15) is 11.9 Å². The zero-order valence-electron chi connectivity index (χ0n) is 20.7. The van der Waals surface area contributed by atoms with Crippen LogP contribution in [0, 0.1) is 0 Å². The summed E-state index contributed by atoms with van der Waals surface area (Å²) in [5, 5.41) is 2.91. The Balaban J connectivity index is 1.41. The number of rotatable bonds is 9. The molecule has 1 saturated carbocycles. The molecule has 0 bridgehead atoms. The van der Waals surface area contributed by atoms with Crippen LogP contribution in [0.4, 0.5) is 14.7 Å². The van der Waals surface area contributed by atoms with Crippen molar-refractivity contribution in [3.8, 4) is 11.7 Å². The van der Waals surface area contributed by atoms with Gasteiger partial charge in [0.15, 0.2) is 5.82 Å². The number of fused-ring (bicyclic) bond motifs is 1. The van der Waals surface area contributed by atoms with Gasteiger partial charge < -0.3 is 25.4 Å². The van der Waals surface area contributed by atoms with Crippen LogP contribution < -0.4 is 20.7 Å². The van der Waals surface area contributed by atoms with Crippen LogP contribution in [-0.2, 0) is 14.3 Å². The molecule has 2 aromatic heterocycles. The molecule has 1 aliphatic carbocycles. The SMILES string of the molecule is NC(=O)CCC(=O)N[C@H]1CC[C@H](Oc2cc(-n3c(C(F)F)nc4ccccc43)nc(N3CCOCC3)n2)C1. The van der Waals surface area contributed by atoms with Gasteiger partial charge in [-0.15, -0.1) is 0 Å². The number of nitrogens with two attached hydrogens (primary N) is 1. The molecule has 0 unspecified atom stereocenters. The zero-order chi connectivity index (χ0) is 26.6. The highest BCUT2D eigenvalue weighted by Gasteiger charge is 2.29. The Hall–Kier alpha value is -3.87. The molecular formula is C25H29F2N7O4. The van der Waals surface area contributed by atoms with Gasteiger partial charge in [0.25, 0.3) is 6.43 Å². The molecular weight excluding hydrogens is 500 g/mol. The van der Waals surface area contributed by atoms with Gasteiger partial charge in [-0.3, -0.25) is 14.2 Å². The first-order valence-electron chi connectivity index (χ1n) is 12.6. The van der Waals surface area contributed by atoms with Gasteiger partial charge in [-0.1, -0.05) is 12.1 Å². The number of alkyl halides is 2. The van der Waals surface area contributed by atoms with Crippen molar-refractivity contribution in [3.63, 3.8) is 0 Å². The van der Waals surface area contributed by atoms with Crippen molar-refractivity contribution in [1.29, 1.82) is 0 Å². The molecule has 2 aliphatic rings. The minimum Gasteiger partial charge on any atom is -0.474 e. The fourth-order valence-electron chi connectivity index (χ4n) is 4.80. The van der Waals surface area contributed by atoms with Gasteiger partial charge in [-0.05, 0) is 25.0 Å². The Kier molecular flexibility index (Phi) is 7.63. The number of carbonyl (C=O) groups is 2. The molecule has 1 aliphatic heterocycles. The number of morpholine rings is 1. The number of aromatic nitrogens is 4. The van der Waals surface area contributed by atoms with Crippen molar-refractivity contribution in [2.24, 2.45) is 5.73 Å². The molecule has 5 rings (SSSR count). The largest absolute Gasteiger partial charge is 0.474 e. The maximum Gasteiger partial charge on any atom is 0.296 e. The van der Waals surface area contributed by atoms with Gasteiger partial charge in [0.2, 0.25) is 23.6 Å². The summed E-state index contributed by atoms with van der Waals surface area (Å²) >= 11 is 0. The van der Waals surface area contributed by atoms with Crippen LogP contribution in [0.5, 0.6) is 5.88 Å². The van der Waals surface area contributed by atoms with Crippen molar-refractivity contribution in [2.45, 2.75) is 50.7 Å². The van der Waals surface area contributed by atoms with E-state index in [0.29, 0.717) is 62.5 Å². The standard InChI is InChI=1S/C25H29F2N7O4/c26-23(27)24-30-17-3-1-2-4-18(17)34(24)20-14-22(32-25(31-20)33-9-11-37-12-10-33)38-16-6-5-15(13-16)29-21(36)8-7-19(28)35/h1-4,14-16,23H,5-13H2,(H2,28,35)(H,29,36)/t15-,16-/m0/s1. The molecule has 38 heavy (non-hydrogen) atoms. The summed E-state index contributed by atoms with van der Waals surface area (Å²) in [7, 11) is 0. The fourth-order valence-corrected chi connectivity index (χ4v) is 4.80. The van der Waals surface area contributed by atoms with Gasteiger partial charge in [-0.25, -0.2) is 13.8 Å². The minimum absolute atomic E-state index is 0.00392. The quantitative estimate of drug-likeness (QED) is 0.431. The lowest BCUT2D eigenvalue weighted by atomic mass is 10.2. The summed E-state index contributed by atoms with van der Waals surface area (Å²) < 4.78 is 41.1. The molecule has 2 fully saturated rings. The number of nitrogens with zero attached hydrogens (tertiary/aromatic N) is 5. The second kappa shape index (κ2) is 11.3. The van der Waals surface area contributed by atoms with Gasteiger partial charge in [-0.2, -0.15) is 9.97 Å². The third kappa shape index (κ3) is 5.82. The van der Waals surface area contributed by atoms with E-state index < -0.39 is 18.2 Å². The van der Waals surface area contributed by atoms with E-state index in [9.17, 15) is 18.4 Å². The number of halogens is 2. The van der Waals surface area contributed by atoms with E-state index in [2.05, 4.69) is 20.3 Å². The second-order valence-electron chi connectivity index (χ2n) is 9.34. The van der Waals surface area contributed by atoms with Crippen LogP contribution >= 0.6 is 0 Å². The summed E-state index contributed by atoms with van der Waals surface area (Å²) in [5.74, 6) is -0.338. The summed E-state index contributed by atoms with van der Waals surface area (Å²) in [6, 6.07) is 8.33. The summed E-state index contributed by atoms with van der Waals surface area (Å²) in [4.78, 5) is 38.3. The zero-order valence-corrected chi connectivity index (χ0v) is 20.7. The van der Waals surface area contributed by atoms with E-state index in [4.69, 9.17) is 15.2 Å². The third-order valence-corrected chi connectivity index (χ3v) is 6.62. The molecule has 2 amide bonds. The minimum atomic E-state index is -2.82. The third-order valence-electron chi connectivity index (χ3n) is 6.62. The maximum atomic E-state index is 14.0. The predicted molar refractivity (Wildman–Crippen MR) is 133 cm³/mol. The number of carbonyl (C=O) groups excluding carboxylic acids is 2. The first-order chi connectivity index (χ1) is 18.4. The van der Waals surface area contributed by atoms with Crippen molar-refractivity contribution < 1.29 is 27.8 Å². The van der Waals surface area contributed by atoms with E-state index in [-0.39, 0.29) is 42.6 Å². The molecule has 1 saturated heterocycles. The van der Waals surface area contributed by atoms with Gasteiger partial charge >= 0.3 is 0 Å². The molecule has 2 atom stereocenters. The average molecular weight is 530 g/mol. The Morgan fingerprint density at radius 1 is 1.13 bits per heavy atom. The fraction of sp³-hybridized carbons (Fsp3) is 0.480. The molecule has 3 heterocycles. The molecule has 1 aromatic carbocycles. The summed E-state index contributed by atoms with van der Waals surface area (Å²) in [6.45, 7) is 2.11. The highest BCUT2D eigenvalue weighted by molar-refractivity contribution is 5.83. The Morgan fingerprint density at radius 3 is 2.68 bits per heavy atom. The molecule has 3 aromatic rings. The topological polar surface area (TPSA) is 137 Å². The number of benzene rings is 1. The number of anilines is 1. The summed E-state index contributed by atoms with van der Waals surface area (Å²) in [5.41, 5.74) is 6.05. The van der Waals surface area contributed by atoms with Crippen LogP contribution in [0.3, 0.4) is 0 Å². The molecule has 3 N–H and O–H groups in total. The average Bonchev–Trinajstić information content (AvgIpc) is 3.52. The van der Waals surface area contributed by atoms with Crippen LogP contribution in [0.15, 0.2) is 30.3 Å². The van der Waals surface area contributed by atoms with Gasteiger partial charge in [0, 0.05) is 44.5 Å². The van der Waals surface area contributed by atoms with E-state index in [1.165, 1.54) is 4.57 Å². The van der Waals surface area contributed by atoms with E-state index in [1.807, 2.05) is 4.90 Å². The Bertz CT molecular complexity index is 1310. The van der Waals surface area contributed by atoms with Crippen LogP contribution in [0.2, 0.25) is 0 Å². The molecule has 202 valence electrons.